The number of nitrogens with two attached hydrogens (primary N) is 1. The van der Waals surface area contributed by atoms with E-state index in [4.69, 9.17) is 17.4 Å². The van der Waals surface area contributed by atoms with Crippen molar-refractivity contribution >= 4 is 39.1 Å². The van der Waals surface area contributed by atoms with E-state index in [0.717, 1.165) is 16.0 Å². The first-order valence-electron chi connectivity index (χ1n) is 7.03. The lowest BCUT2D eigenvalue weighted by Gasteiger charge is -2.37. The Labute approximate surface area is 136 Å². The first-order chi connectivity index (χ1) is 10.5. The molecule has 1 aromatic heterocycles. The topological polar surface area (TPSA) is 71.6 Å². The molecule has 1 saturated heterocycles. The van der Waals surface area contributed by atoms with E-state index in [1.54, 1.807) is 28.1 Å². The number of hydrogen-bond acceptors (Lipinski definition) is 5. The number of carbonyl (C=O) groups is 1. The van der Waals surface area contributed by atoms with Crippen LogP contribution in [-0.2, 0) is 11.3 Å². The van der Waals surface area contributed by atoms with Crippen molar-refractivity contribution in [1.82, 2.24) is 14.5 Å². The van der Waals surface area contributed by atoms with Crippen LogP contribution < -0.4 is 10.7 Å². The number of hydrogen-bond donors (Lipinski definition) is 1. The Morgan fingerprint density at radius 1 is 1.45 bits per heavy atom. The van der Waals surface area contributed by atoms with Crippen molar-refractivity contribution in [2.75, 3.05) is 19.6 Å². The van der Waals surface area contributed by atoms with E-state index in [1.165, 1.54) is 4.57 Å². The van der Waals surface area contributed by atoms with Gasteiger partial charge < -0.3 is 4.90 Å². The monoisotopic (exact) mass is 340 g/mol. The van der Waals surface area contributed by atoms with Gasteiger partial charge in [0.15, 0.2) is 0 Å². The van der Waals surface area contributed by atoms with E-state index >= 15 is 0 Å². The Hall–Kier alpha value is -1.41. The summed E-state index contributed by atoms with van der Waals surface area (Å²) in [5.41, 5.74) is 0.710. The van der Waals surface area contributed by atoms with Crippen LogP contribution in [-0.4, -0.2) is 46.1 Å². The highest BCUT2D eigenvalue weighted by molar-refractivity contribution is 7.16. The zero-order valence-corrected chi connectivity index (χ0v) is 13.7. The van der Waals surface area contributed by atoms with E-state index in [0.29, 0.717) is 30.2 Å². The minimum atomic E-state index is -0.142. The molecule has 1 unspecified atom stereocenters. The average molecular weight is 341 g/mol. The second-order valence-electron chi connectivity index (χ2n) is 5.49. The number of fused-ring (bicyclic) bond motifs is 1. The third-order valence-corrected chi connectivity index (χ3v) is 5.15. The number of aromatic nitrogens is 1. The molecule has 6 nitrogen and oxygen atoms in total. The van der Waals surface area contributed by atoms with E-state index < -0.39 is 0 Å². The standard InChI is InChI=1S/C14H17ClN4O2S/c1-9-7-17(4-5-19(9)16)13(20)8-18-11-6-10(15)2-3-12(11)22-14(18)21/h2-3,6,9H,4-5,7-8,16H2,1H3. The first-order valence-corrected chi connectivity index (χ1v) is 8.23. The maximum atomic E-state index is 12.5. The molecule has 0 bridgehead atoms. The Morgan fingerprint density at radius 2 is 2.23 bits per heavy atom. The number of halogens is 1. The highest BCUT2D eigenvalue weighted by Gasteiger charge is 2.25. The maximum absolute atomic E-state index is 12.5. The van der Waals surface area contributed by atoms with Gasteiger partial charge in [0.1, 0.15) is 6.54 Å². The van der Waals surface area contributed by atoms with E-state index in [2.05, 4.69) is 0 Å². The molecule has 1 aromatic carbocycles. The number of benzene rings is 1. The summed E-state index contributed by atoms with van der Waals surface area (Å²) < 4.78 is 2.33. The Morgan fingerprint density at radius 3 is 2.95 bits per heavy atom. The summed E-state index contributed by atoms with van der Waals surface area (Å²) in [6.45, 7) is 3.81. The van der Waals surface area contributed by atoms with Crippen LogP contribution >= 0.6 is 22.9 Å². The fourth-order valence-electron chi connectivity index (χ4n) is 2.62. The van der Waals surface area contributed by atoms with E-state index in [9.17, 15) is 9.59 Å². The van der Waals surface area contributed by atoms with Crippen LogP contribution in [0.15, 0.2) is 23.0 Å². The fraction of sp³-hybridized carbons (Fsp3) is 0.429. The van der Waals surface area contributed by atoms with Gasteiger partial charge in [0.05, 0.1) is 10.2 Å². The molecule has 22 heavy (non-hydrogen) atoms. The van der Waals surface area contributed by atoms with Crippen LogP contribution in [0.1, 0.15) is 6.92 Å². The van der Waals surface area contributed by atoms with Gasteiger partial charge in [0.2, 0.25) is 5.91 Å². The number of piperazine rings is 1. The summed E-state index contributed by atoms with van der Waals surface area (Å²) in [5, 5.41) is 2.28. The number of amides is 1. The zero-order chi connectivity index (χ0) is 15.9. The Balaban J connectivity index is 1.84. The Kier molecular flexibility index (Phi) is 4.22. The molecule has 1 amide bonds. The van der Waals surface area contributed by atoms with Crippen molar-refractivity contribution < 1.29 is 4.79 Å². The van der Waals surface area contributed by atoms with Gasteiger partial charge in [0, 0.05) is 30.7 Å². The summed E-state index contributed by atoms with van der Waals surface area (Å²) >= 11 is 7.12. The molecular formula is C14H17ClN4O2S. The molecule has 8 heteroatoms. The van der Waals surface area contributed by atoms with Gasteiger partial charge in [0.25, 0.3) is 0 Å². The van der Waals surface area contributed by atoms with Crippen LogP contribution in [0.3, 0.4) is 0 Å². The fourth-order valence-corrected chi connectivity index (χ4v) is 3.66. The highest BCUT2D eigenvalue weighted by atomic mass is 35.5. The van der Waals surface area contributed by atoms with Gasteiger partial charge in [-0.25, -0.2) is 5.01 Å². The summed E-state index contributed by atoms with van der Waals surface area (Å²) in [4.78, 5) is 26.2. The van der Waals surface area contributed by atoms with Gasteiger partial charge >= 0.3 is 4.87 Å². The Bertz CT molecular complexity index is 772. The maximum Gasteiger partial charge on any atom is 0.308 e. The smallest absolute Gasteiger partial charge is 0.308 e. The van der Waals surface area contributed by atoms with E-state index in [1.807, 2.05) is 6.92 Å². The molecular weight excluding hydrogens is 324 g/mol. The number of carbonyl (C=O) groups excluding carboxylic acids is 1. The van der Waals surface area contributed by atoms with Crippen molar-refractivity contribution in [1.29, 1.82) is 0 Å². The molecule has 1 aliphatic rings. The lowest BCUT2D eigenvalue weighted by Crippen LogP contribution is -2.56. The minimum absolute atomic E-state index is 0.0382. The van der Waals surface area contributed by atoms with Crippen molar-refractivity contribution in [2.24, 2.45) is 5.84 Å². The molecule has 1 aliphatic heterocycles. The highest BCUT2D eigenvalue weighted by Crippen LogP contribution is 2.21. The predicted molar refractivity (Wildman–Crippen MR) is 88.0 cm³/mol. The van der Waals surface area contributed by atoms with Crippen molar-refractivity contribution in [3.63, 3.8) is 0 Å². The van der Waals surface area contributed by atoms with Crippen LogP contribution in [0.25, 0.3) is 10.2 Å². The van der Waals surface area contributed by atoms with Gasteiger partial charge in [-0.15, -0.1) is 0 Å². The molecule has 118 valence electrons. The third kappa shape index (κ3) is 2.89. The SMILES string of the molecule is CC1CN(C(=O)Cn2c(=O)sc3ccc(Cl)cc32)CCN1N. The average Bonchev–Trinajstić information content (AvgIpc) is 2.78. The largest absolute Gasteiger partial charge is 0.338 e. The van der Waals surface area contributed by atoms with Gasteiger partial charge in [-0.3, -0.25) is 20.0 Å². The molecule has 3 rings (SSSR count). The molecule has 2 aromatic rings. The van der Waals surface area contributed by atoms with Crippen LogP contribution in [0, 0.1) is 0 Å². The molecule has 1 fully saturated rings. The molecule has 0 saturated carbocycles. The molecule has 0 radical (unpaired) electrons. The second kappa shape index (κ2) is 6.00. The molecule has 2 N–H and O–H groups in total. The molecule has 0 spiro atoms. The number of nitrogens with zero attached hydrogens (tertiary/aromatic N) is 3. The first kappa shape index (κ1) is 15.5. The van der Waals surface area contributed by atoms with Crippen molar-refractivity contribution in [3.8, 4) is 0 Å². The van der Waals surface area contributed by atoms with Crippen LogP contribution in [0.5, 0.6) is 0 Å². The normalized spacial score (nSPS) is 19.8. The van der Waals surface area contributed by atoms with Crippen LogP contribution in [0.4, 0.5) is 0 Å². The number of hydrazine groups is 1. The van der Waals surface area contributed by atoms with Gasteiger partial charge in [-0.2, -0.15) is 0 Å². The summed E-state index contributed by atoms with van der Waals surface area (Å²) in [7, 11) is 0. The van der Waals surface area contributed by atoms with Gasteiger partial charge in [-0.1, -0.05) is 22.9 Å². The third-order valence-electron chi connectivity index (χ3n) is 3.95. The number of thiazole rings is 1. The van der Waals surface area contributed by atoms with Gasteiger partial charge in [-0.05, 0) is 25.1 Å². The molecule has 2 heterocycles. The minimum Gasteiger partial charge on any atom is -0.338 e. The molecule has 0 aliphatic carbocycles. The summed E-state index contributed by atoms with van der Waals surface area (Å²) in [5.74, 6) is 5.75. The predicted octanol–water partition coefficient (Wildman–Crippen LogP) is 1.12. The molecule has 1 atom stereocenters. The lowest BCUT2D eigenvalue weighted by molar-refractivity contribution is -0.134. The summed E-state index contributed by atoms with van der Waals surface area (Å²) in [6, 6.07) is 5.39. The quantitative estimate of drug-likeness (QED) is 0.832. The zero-order valence-electron chi connectivity index (χ0n) is 12.2. The van der Waals surface area contributed by atoms with Crippen LogP contribution in [0.2, 0.25) is 5.02 Å². The van der Waals surface area contributed by atoms with Crippen molar-refractivity contribution in [3.05, 3.63) is 32.9 Å². The number of rotatable bonds is 2. The lowest BCUT2D eigenvalue weighted by atomic mass is 10.2. The summed E-state index contributed by atoms with van der Waals surface area (Å²) in [6.07, 6.45) is 0. The van der Waals surface area contributed by atoms with E-state index in [-0.39, 0.29) is 23.4 Å². The van der Waals surface area contributed by atoms with Crippen molar-refractivity contribution in [2.45, 2.75) is 19.5 Å². The second-order valence-corrected chi connectivity index (χ2v) is 6.92.